The van der Waals surface area contributed by atoms with E-state index >= 15 is 0 Å². The van der Waals surface area contributed by atoms with Gasteiger partial charge in [-0.2, -0.15) is 0 Å². The number of imidazole rings is 1. The highest BCUT2D eigenvalue weighted by Crippen LogP contribution is 2.35. The van der Waals surface area contributed by atoms with Crippen molar-refractivity contribution in [1.29, 1.82) is 0 Å². The van der Waals surface area contributed by atoms with E-state index in [9.17, 15) is 0 Å². The summed E-state index contributed by atoms with van der Waals surface area (Å²) in [6, 6.07) is 22.7. The Morgan fingerprint density at radius 2 is 1.69 bits per heavy atom. The average molecular weight is 492 g/mol. The Balaban J connectivity index is 0.00000289. The van der Waals surface area contributed by atoms with Crippen molar-refractivity contribution in [3.8, 4) is 45.3 Å². The number of hydrogen-bond acceptors (Lipinski definition) is 4. The number of para-hydroxylation sites is 1. The van der Waals surface area contributed by atoms with E-state index in [0.29, 0.717) is 6.61 Å². The molecule has 5 rings (SSSR count). The third-order valence-electron chi connectivity index (χ3n) is 6.19. The zero-order chi connectivity index (χ0) is 23.5. The molecule has 1 aromatic heterocycles. The van der Waals surface area contributed by atoms with E-state index in [-0.39, 0.29) is 12.4 Å². The van der Waals surface area contributed by atoms with E-state index in [1.165, 1.54) is 0 Å². The van der Waals surface area contributed by atoms with Gasteiger partial charge in [0, 0.05) is 18.1 Å². The molecule has 0 saturated heterocycles. The number of methoxy groups -OCH3 is 2. The summed E-state index contributed by atoms with van der Waals surface area (Å²) in [5, 5.41) is 3.59. The van der Waals surface area contributed by atoms with Gasteiger partial charge < -0.3 is 26.6 Å². The van der Waals surface area contributed by atoms with Crippen LogP contribution in [0.1, 0.15) is 13.3 Å². The SMILES string of the molecule is CCOc1ccc(-c2cn(-c3ccc(-c4ccccc4OC)cc3)c3[n+]2CCCN3)c(OC)c1.[Cl-]. The molecule has 0 fully saturated rings. The Labute approximate surface area is 212 Å². The number of aromatic nitrogens is 2. The molecule has 0 bridgehead atoms. The number of benzene rings is 3. The van der Waals surface area contributed by atoms with Crippen LogP contribution in [0.3, 0.4) is 0 Å². The van der Waals surface area contributed by atoms with Crippen molar-refractivity contribution in [3.63, 3.8) is 0 Å². The second-order valence-electron chi connectivity index (χ2n) is 8.18. The maximum atomic E-state index is 5.74. The van der Waals surface area contributed by atoms with Crippen LogP contribution in [0, 0.1) is 0 Å². The molecule has 0 atom stereocenters. The van der Waals surface area contributed by atoms with Crippen molar-refractivity contribution in [1.82, 2.24) is 4.57 Å². The van der Waals surface area contributed by atoms with Crippen molar-refractivity contribution in [2.24, 2.45) is 0 Å². The van der Waals surface area contributed by atoms with Crippen molar-refractivity contribution >= 4 is 5.95 Å². The molecule has 1 aliphatic heterocycles. The molecule has 4 aromatic rings. The first-order chi connectivity index (χ1) is 16.7. The summed E-state index contributed by atoms with van der Waals surface area (Å²) in [6.07, 6.45) is 3.25. The molecule has 2 heterocycles. The van der Waals surface area contributed by atoms with Gasteiger partial charge in [-0.05, 0) is 42.8 Å². The summed E-state index contributed by atoms with van der Waals surface area (Å²) in [6.45, 7) is 4.50. The van der Waals surface area contributed by atoms with Crippen molar-refractivity contribution < 1.29 is 31.2 Å². The normalized spacial score (nSPS) is 12.2. The number of nitrogens with zero attached hydrogens (tertiary/aromatic N) is 2. The number of hydrogen-bond donors (Lipinski definition) is 1. The Bertz CT molecular complexity index is 1300. The van der Waals surface area contributed by atoms with E-state index in [2.05, 4.69) is 57.0 Å². The molecule has 0 saturated carbocycles. The van der Waals surface area contributed by atoms with Crippen LogP contribution < -0.4 is 36.5 Å². The third kappa shape index (κ3) is 4.66. The topological polar surface area (TPSA) is 48.5 Å². The van der Waals surface area contributed by atoms with Gasteiger partial charge in [-0.1, -0.05) is 30.3 Å². The molecule has 0 unspecified atom stereocenters. The van der Waals surface area contributed by atoms with Gasteiger partial charge in [0.2, 0.25) is 0 Å². The molecule has 1 aliphatic rings. The van der Waals surface area contributed by atoms with Gasteiger partial charge >= 0.3 is 5.95 Å². The number of nitrogens with one attached hydrogen (secondary N) is 1. The van der Waals surface area contributed by atoms with Crippen LogP contribution in [0.5, 0.6) is 17.2 Å². The first kappa shape index (κ1) is 24.5. The first-order valence-corrected chi connectivity index (χ1v) is 11.7. The lowest BCUT2D eigenvalue weighted by molar-refractivity contribution is -0.675. The van der Waals surface area contributed by atoms with Crippen molar-refractivity contribution in [2.75, 3.05) is 32.7 Å². The Morgan fingerprint density at radius 3 is 2.43 bits per heavy atom. The second-order valence-corrected chi connectivity index (χ2v) is 8.18. The van der Waals surface area contributed by atoms with Crippen molar-refractivity contribution in [2.45, 2.75) is 19.9 Å². The molecule has 7 heteroatoms. The lowest BCUT2D eigenvalue weighted by Crippen LogP contribution is -3.00. The summed E-state index contributed by atoms with van der Waals surface area (Å²) in [7, 11) is 3.41. The maximum Gasteiger partial charge on any atom is 0.362 e. The zero-order valence-electron chi connectivity index (χ0n) is 20.3. The van der Waals surface area contributed by atoms with Crippen LogP contribution in [0.4, 0.5) is 5.95 Å². The molecule has 182 valence electrons. The highest BCUT2D eigenvalue weighted by atomic mass is 35.5. The van der Waals surface area contributed by atoms with Crippen LogP contribution in [0.15, 0.2) is 72.9 Å². The highest BCUT2D eigenvalue weighted by molar-refractivity contribution is 5.72. The van der Waals surface area contributed by atoms with Crippen LogP contribution in [-0.2, 0) is 6.54 Å². The number of fused-ring (bicyclic) bond motifs is 1. The van der Waals surface area contributed by atoms with E-state index in [1.807, 2.05) is 37.3 Å². The van der Waals surface area contributed by atoms with E-state index < -0.39 is 0 Å². The summed E-state index contributed by atoms with van der Waals surface area (Å²) < 4.78 is 21.5. The molecule has 0 aliphatic carbocycles. The minimum Gasteiger partial charge on any atom is -1.00 e. The van der Waals surface area contributed by atoms with Gasteiger partial charge in [0.05, 0.1) is 39.5 Å². The quantitative estimate of drug-likeness (QED) is 0.403. The summed E-state index contributed by atoms with van der Waals surface area (Å²) in [5.41, 5.74) is 5.44. The summed E-state index contributed by atoms with van der Waals surface area (Å²) >= 11 is 0. The van der Waals surface area contributed by atoms with Crippen LogP contribution in [0.25, 0.3) is 28.1 Å². The van der Waals surface area contributed by atoms with Gasteiger partial charge in [-0.15, -0.1) is 0 Å². The molecular weight excluding hydrogens is 462 g/mol. The second kappa shape index (κ2) is 10.7. The van der Waals surface area contributed by atoms with Gasteiger partial charge in [-0.3, -0.25) is 5.32 Å². The predicted octanol–water partition coefficient (Wildman–Crippen LogP) is 2.33. The van der Waals surface area contributed by atoms with Gasteiger partial charge in [0.15, 0.2) is 0 Å². The Morgan fingerprint density at radius 1 is 0.914 bits per heavy atom. The van der Waals surface area contributed by atoms with Gasteiger partial charge in [-0.25, -0.2) is 9.13 Å². The Hall–Kier alpha value is -3.64. The largest absolute Gasteiger partial charge is 1.00 e. The van der Waals surface area contributed by atoms with Crippen molar-refractivity contribution in [3.05, 3.63) is 72.9 Å². The highest BCUT2D eigenvalue weighted by Gasteiger charge is 2.28. The van der Waals surface area contributed by atoms with E-state index in [0.717, 1.165) is 70.8 Å². The Kier molecular flexibility index (Phi) is 7.51. The standard InChI is InChI=1S/C28H29N3O3.ClH/c1-4-34-22-14-15-24(27(18-22)33-3)25-19-31(28-29-16-7-17-30(25)28)21-12-10-20(11-13-21)23-8-5-6-9-26(23)32-2;/h5-6,8-15,18-19H,4,7,16-17H2,1-3H3;1H. The summed E-state index contributed by atoms with van der Waals surface area (Å²) in [4.78, 5) is 0. The molecule has 3 aromatic carbocycles. The maximum absolute atomic E-state index is 5.74. The number of halogens is 1. The van der Waals surface area contributed by atoms with E-state index in [4.69, 9.17) is 14.2 Å². The fourth-order valence-corrected chi connectivity index (χ4v) is 4.58. The first-order valence-electron chi connectivity index (χ1n) is 11.7. The summed E-state index contributed by atoms with van der Waals surface area (Å²) in [5.74, 6) is 3.56. The fraction of sp³-hybridized carbons (Fsp3) is 0.250. The molecule has 0 amide bonds. The number of anilines is 1. The van der Waals surface area contributed by atoms with E-state index in [1.54, 1.807) is 14.2 Å². The molecule has 35 heavy (non-hydrogen) atoms. The molecule has 6 nitrogen and oxygen atoms in total. The molecule has 1 N–H and O–H groups in total. The van der Waals surface area contributed by atoms with Crippen LogP contribution in [-0.4, -0.2) is 31.9 Å². The van der Waals surface area contributed by atoms with Gasteiger partial charge in [0.25, 0.3) is 0 Å². The smallest absolute Gasteiger partial charge is 0.362 e. The predicted molar refractivity (Wildman–Crippen MR) is 134 cm³/mol. The zero-order valence-corrected chi connectivity index (χ0v) is 21.0. The van der Waals surface area contributed by atoms with Crippen LogP contribution >= 0.6 is 0 Å². The molecule has 0 radical (unpaired) electrons. The monoisotopic (exact) mass is 491 g/mol. The average Bonchev–Trinajstić information content (AvgIpc) is 3.28. The number of ether oxygens (including phenoxy) is 3. The minimum atomic E-state index is 0. The minimum absolute atomic E-state index is 0. The molecule has 0 spiro atoms. The third-order valence-corrected chi connectivity index (χ3v) is 6.19. The molecular formula is C28H30ClN3O3. The van der Waals surface area contributed by atoms with Gasteiger partial charge in [0.1, 0.15) is 34.8 Å². The number of rotatable bonds is 7. The lowest BCUT2D eigenvalue weighted by Gasteiger charge is -2.14. The lowest BCUT2D eigenvalue weighted by atomic mass is 10.0. The fourth-order valence-electron chi connectivity index (χ4n) is 4.58. The van der Waals surface area contributed by atoms with Crippen LogP contribution in [0.2, 0.25) is 0 Å².